The molecule has 0 aromatic heterocycles. The largest absolute Gasteiger partial charge is 0.458 e. The molecule has 0 amide bonds. The van der Waals surface area contributed by atoms with Crippen LogP contribution in [0.5, 0.6) is 0 Å². The van der Waals surface area contributed by atoms with E-state index in [0.29, 0.717) is 0 Å². The lowest BCUT2D eigenvalue weighted by Gasteiger charge is -2.38. The molecule has 1 aliphatic rings. The minimum absolute atomic E-state index is 0.518. The first-order valence-electron chi connectivity index (χ1n) is 5.89. The van der Waals surface area contributed by atoms with Gasteiger partial charge in [0.25, 0.3) is 0 Å². The van der Waals surface area contributed by atoms with Crippen LogP contribution in [0.2, 0.25) is 0 Å². The Morgan fingerprint density at radius 2 is 1.88 bits per heavy atom. The molecule has 98 valence electrons. The van der Waals surface area contributed by atoms with Crippen molar-refractivity contribution >= 4 is 11.9 Å². The van der Waals surface area contributed by atoms with Gasteiger partial charge in [0.15, 0.2) is 12.4 Å². The first-order valence-corrected chi connectivity index (χ1v) is 5.31. The molecule has 1 fully saturated rings. The van der Waals surface area contributed by atoms with Crippen molar-refractivity contribution in [1.29, 1.82) is 0 Å². The predicted octanol–water partition coefficient (Wildman–Crippen LogP) is 0.631. The van der Waals surface area contributed by atoms with Crippen molar-refractivity contribution < 1.29 is 29.9 Å². The fourth-order valence-corrected chi connectivity index (χ4v) is 1.65. The van der Waals surface area contributed by atoms with Gasteiger partial charge in [-0.05, 0) is 6.92 Å². The molecule has 1 saturated heterocycles. The van der Waals surface area contributed by atoms with Crippen LogP contribution in [-0.2, 0) is 28.5 Å². The molecule has 1 heterocycles. The van der Waals surface area contributed by atoms with E-state index < -0.39 is 42.9 Å². The van der Waals surface area contributed by atoms with Crippen LogP contribution in [0.3, 0.4) is 0 Å². The molecule has 0 radical (unpaired) electrons. The lowest BCUT2D eigenvalue weighted by atomic mass is 10.0. The summed E-state index contributed by atoms with van der Waals surface area (Å²) in [5.41, 5.74) is 0. The zero-order valence-electron chi connectivity index (χ0n) is 11.3. The van der Waals surface area contributed by atoms with Crippen LogP contribution in [0.25, 0.3) is 0 Å². The monoisotopic (exact) mass is 247 g/mol. The Labute approximate surface area is 102 Å². The van der Waals surface area contributed by atoms with Gasteiger partial charge in [-0.2, -0.15) is 0 Å². The number of hydrogen-bond acceptors (Lipinski definition) is 6. The third-order valence-electron chi connectivity index (χ3n) is 2.32. The molecule has 1 aliphatic heterocycles. The zero-order valence-corrected chi connectivity index (χ0v) is 10.3. The SMILES string of the molecule is [2H][C@H]1[C@H](OC)O[C@@H](C)[C@H](OC(C)=O)[C@H]1OC(C)=O. The van der Waals surface area contributed by atoms with E-state index in [1.54, 1.807) is 6.92 Å². The molecule has 5 atom stereocenters. The molecule has 1 rings (SSSR count). The molecule has 0 unspecified atom stereocenters. The first-order chi connectivity index (χ1) is 8.36. The topological polar surface area (TPSA) is 71.1 Å². The van der Waals surface area contributed by atoms with E-state index in [9.17, 15) is 9.59 Å². The summed E-state index contributed by atoms with van der Waals surface area (Å²) in [5, 5.41) is 0. The molecule has 0 bridgehead atoms. The van der Waals surface area contributed by atoms with E-state index >= 15 is 0 Å². The molecule has 0 N–H and O–H groups in total. The molecule has 0 aliphatic carbocycles. The summed E-state index contributed by atoms with van der Waals surface area (Å²) in [5.74, 6) is -1.06. The van der Waals surface area contributed by atoms with E-state index in [-0.39, 0.29) is 0 Å². The van der Waals surface area contributed by atoms with Gasteiger partial charge in [0.1, 0.15) is 6.10 Å². The second-order valence-electron chi connectivity index (χ2n) is 3.79. The third kappa shape index (κ3) is 3.98. The summed E-state index contributed by atoms with van der Waals surface area (Å²) in [4.78, 5) is 22.1. The third-order valence-corrected chi connectivity index (χ3v) is 2.32. The molecule has 0 spiro atoms. The molecular formula is C11H18O6. The van der Waals surface area contributed by atoms with E-state index in [2.05, 4.69) is 0 Å². The number of hydrogen-bond donors (Lipinski definition) is 0. The van der Waals surface area contributed by atoms with Crippen LogP contribution in [0.15, 0.2) is 0 Å². The highest BCUT2D eigenvalue weighted by Gasteiger charge is 2.40. The normalized spacial score (nSPS) is 38.1. The van der Waals surface area contributed by atoms with Crippen molar-refractivity contribution in [2.75, 3.05) is 7.11 Å². The van der Waals surface area contributed by atoms with Crippen molar-refractivity contribution in [3.05, 3.63) is 0 Å². The average Bonchev–Trinajstić information content (AvgIpc) is 2.27. The molecule has 0 aromatic carbocycles. The Bertz CT molecular complexity index is 321. The van der Waals surface area contributed by atoms with Crippen LogP contribution >= 0.6 is 0 Å². The highest BCUT2D eigenvalue weighted by molar-refractivity contribution is 5.67. The molecule has 6 nitrogen and oxygen atoms in total. The van der Waals surface area contributed by atoms with Crippen molar-refractivity contribution in [3.8, 4) is 0 Å². The Morgan fingerprint density at radius 1 is 1.29 bits per heavy atom. The van der Waals surface area contributed by atoms with Crippen LogP contribution in [0, 0.1) is 0 Å². The van der Waals surface area contributed by atoms with Crippen molar-refractivity contribution in [2.24, 2.45) is 0 Å². The van der Waals surface area contributed by atoms with Crippen molar-refractivity contribution in [2.45, 2.75) is 51.8 Å². The highest BCUT2D eigenvalue weighted by atomic mass is 16.7. The number of methoxy groups -OCH3 is 1. The quantitative estimate of drug-likeness (QED) is 0.681. The van der Waals surface area contributed by atoms with Crippen molar-refractivity contribution in [1.82, 2.24) is 0 Å². The van der Waals surface area contributed by atoms with E-state index in [1.165, 1.54) is 21.0 Å². The average molecular weight is 247 g/mol. The maximum absolute atomic E-state index is 11.1. The van der Waals surface area contributed by atoms with E-state index in [1.807, 2.05) is 0 Å². The second-order valence-corrected chi connectivity index (χ2v) is 3.79. The zero-order chi connectivity index (χ0) is 13.9. The Morgan fingerprint density at radius 3 is 2.35 bits per heavy atom. The Balaban J connectivity index is 2.89. The van der Waals surface area contributed by atoms with Gasteiger partial charge in [0.05, 0.1) is 6.10 Å². The van der Waals surface area contributed by atoms with E-state index in [4.69, 9.17) is 20.3 Å². The number of carbonyl (C=O) groups is 2. The molecule has 6 heteroatoms. The van der Waals surface area contributed by atoms with Crippen LogP contribution in [0.4, 0.5) is 0 Å². The van der Waals surface area contributed by atoms with Gasteiger partial charge in [-0.25, -0.2) is 0 Å². The van der Waals surface area contributed by atoms with Crippen LogP contribution < -0.4 is 0 Å². The summed E-state index contributed by atoms with van der Waals surface area (Å²) in [6, 6.07) is 0. The molecule has 0 saturated carbocycles. The Hall–Kier alpha value is -1.14. The van der Waals surface area contributed by atoms with Gasteiger partial charge >= 0.3 is 11.9 Å². The number of esters is 2. The molecular weight excluding hydrogens is 228 g/mol. The lowest BCUT2D eigenvalue weighted by molar-refractivity contribution is -0.248. The molecule has 17 heavy (non-hydrogen) atoms. The first kappa shape index (κ1) is 12.3. The summed E-state index contributed by atoms with van der Waals surface area (Å²) >= 11 is 0. The van der Waals surface area contributed by atoms with E-state index in [0.717, 1.165) is 0 Å². The minimum Gasteiger partial charge on any atom is -0.458 e. The van der Waals surface area contributed by atoms with Gasteiger partial charge in [0.2, 0.25) is 0 Å². The maximum Gasteiger partial charge on any atom is 0.303 e. The van der Waals surface area contributed by atoms with Crippen molar-refractivity contribution in [3.63, 3.8) is 0 Å². The predicted molar refractivity (Wildman–Crippen MR) is 57.1 cm³/mol. The van der Waals surface area contributed by atoms with Crippen LogP contribution in [0.1, 0.15) is 28.5 Å². The smallest absolute Gasteiger partial charge is 0.303 e. The number of rotatable bonds is 3. The van der Waals surface area contributed by atoms with Gasteiger partial charge in [-0.1, -0.05) is 0 Å². The fourth-order valence-electron chi connectivity index (χ4n) is 1.65. The Kier molecular flexibility index (Phi) is 4.33. The van der Waals surface area contributed by atoms with Crippen LogP contribution in [-0.4, -0.2) is 43.7 Å². The summed E-state index contributed by atoms with van der Waals surface area (Å²) < 4.78 is 28.4. The number of ether oxygens (including phenoxy) is 4. The summed E-state index contributed by atoms with van der Waals surface area (Å²) in [6.07, 6.45) is -4.03. The van der Waals surface area contributed by atoms with Gasteiger partial charge in [-0.3, -0.25) is 9.59 Å². The van der Waals surface area contributed by atoms with Gasteiger partial charge in [0, 0.05) is 28.7 Å². The highest BCUT2D eigenvalue weighted by Crippen LogP contribution is 2.25. The maximum atomic E-state index is 11.1. The van der Waals surface area contributed by atoms with Gasteiger partial charge in [-0.15, -0.1) is 0 Å². The second kappa shape index (κ2) is 5.97. The summed E-state index contributed by atoms with van der Waals surface area (Å²) in [7, 11) is 1.40. The fraction of sp³-hybridized carbons (Fsp3) is 0.818. The summed E-state index contributed by atoms with van der Waals surface area (Å²) in [6.45, 7) is 4.15. The van der Waals surface area contributed by atoms with Gasteiger partial charge < -0.3 is 18.9 Å². The lowest BCUT2D eigenvalue weighted by Crippen LogP contribution is -2.51. The standard InChI is InChI=1S/C11H18O6/c1-6-11(17-8(3)13)9(16-7(2)12)5-10(14-4)15-6/h6,9-11H,5H2,1-4H3/t6-,9-,10+,11-/m0/s1/i5D/t5-,6+,9+,10-,11+/m1. The minimum atomic E-state index is -0.973. The number of carbonyl (C=O) groups excluding carboxylic acids is 2. The molecule has 0 aromatic rings.